The Morgan fingerprint density at radius 2 is 2.07 bits per heavy atom. The lowest BCUT2D eigenvalue weighted by Gasteiger charge is -2.18. The zero-order valence-electron chi connectivity index (χ0n) is 16.3. The highest BCUT2D eigenvalue weighted by molar-refractivity contribution is 7.90. The Balaban J connectivity index is 2.21. The van der Waals surface area contributed by atoms with Crippen molar-refractivity contribution in [3.05, 3.63) is 24.3 Å². The van der Waals surface area contributed by atoms with E-state index in [0.717, 1.165) is 25.8 Å². The van der Waals surface area contributed by atoms with Gasteiger partial charge in [0.25, 0.3) is 15.9 Å². The van der Waals surface area contributed by atoms with Crippen molar-refractivity contribution in [3.63, 3.8) is 0 Å². The topological polar surface area (TPSA) is 88.1 Å². The fourth-order valence-electron chi connectivity index (χ4n) is 2.97. The van der Waals surface area contributed by atoms with Crippen LogP contribution in [0.5, 0.6) is 0 Å². The van der Waals surface area contributed by atoms with Crippen LogP contribution in [-0.4, -0.2) is 51.4 Å². The van der Waals surface area contributed by atoms with Gasteiger partial charge in [-0.1, -0.05) is 19.4 Å². The number of carbonyl (C=O) groups excluding carboxylic acids is 1. The van der Waals surface area contributed by atoms with Crippen molar-refractivity contribution in [1.29, 1.82) is 0 Å². The first-order valence-electron chi connectivity index (χ1n) is 9.45. The van der Waals surface area contributed by atoms with Crippen LogP contribution >= 0.6 is 0 Å². The zero-order chi connectivity index (χ0) is 19.9. The molecule has 0 radical (unpaired) electrons. The van der Waals surface area contributed by atoms with Gasteiger partial charge in [-0.15, -0.1) is 4.40 Å². The summed E-state index contributed by atoms with van der Waals surface area (Å²) in [5, 5.41) is 2.73. The van der Waals surface area contributed by atoms with Crippen LogP contribution in [0.1, 0.15) is 46.0 Å². The molecule has 1 unspecified atom stereocenters. The largest absolute Gasteiger partial charge is 0.369 e. The molecule has 1 fully saturated rings. The van der Waals surface area contributed by atoms with Crippen LogP contribution in [0.3, 0.4) is 0 Å². The molecule has 1 aromatic carbocycles. The summed E-state index contributed by atoms with van der Waals surface area (Å²) in [6, 6.07) is 6.18. The molecule has 1 aromatic rings. The molecule has 1 aliphatic heterocycles. The van der Waals surface area contributed by atoms with E-state index in [9.17, 15) is 13.2 Å². The SMILES string of the molecule is CCOC(CC)C(=O)Nc1cccc(S(=O)(=O)N=C2CCCCCN2C)c1. The summed E-state index contributed by atoms with van der Waals surface area (Å²) in [5.41, 5.74) is 0.411. The highest BCUT2D eigenvalue weighted by atomic mass is 32.2. The summed E-state index contributed by atoms with van der Waals surface area (Å²) in [6.07, 6.45) is 3.68. The van der Waals surface area contributed by atoms with Crippen LogP contribution in [0.4, 0.5) is 5.69 Å². The maximum Gasteiger partial charge on any atom is 0.284 e. The Morgan fingerprint density at radius 1 is 1.30 bits per heavy atom. The smallest absolute Gasteiger partial charge is 0.284 e. The molecule has 27 heavy (non-hydrogen) atoms. The Hall–Kier alpha value is -1.93. The number of sulfonamides is 1. The Morgan fingerprint density at radius 3 is 2.78 bits per heavy atom. The lowest BCUT2D eigenvalue weighted by Crippen LogP contribution is -2.30. The van der Waals surface area contributed by atoms with Crippen molar-refractivity contribution in [2.45, 2.75) is 57.0 Å². The molecule has 8 heteroatoms. The highest BCUT2D eigenvalue weighted by Gasteiger charge is 2.20. The molecule has 1 N–H and O–H groups in total. The van der Waals surface area contributed by atoms with Gasteiger partial charge < -0.3 is 15.0 Å². The van der Waals surface area contributed by atoms with Crippen molar-refractivity contribution in [2.75, 3.05) is 25.5 Å². The molecule has 1 heterocycles. The first-order valence-corrected chi connectivity index (χ1v) is 10.9. The second-order valence-corrected chi connectivity index (χ2v) is 8.19. The van der Waals surface area contributed by atoms with Gasteiger partial charge in [0.1, 0.15) is 11.9 Å². The van der Waals surface area contributed by atoms with Crippen molar-refractivity contribution in [1.82, 2.24) is 4.90 Å². The quantitative estimate of drug-likeness (QED) is 0.767. The predicted octanol–water partition coefficient (Wildman–Crippen LogP) is 3.03. The van der Waals surface area contributed by atoms with E-state index in [1.807, 2.05) is 25.8 Å². The van der Waals surface area contributed by atoms with E-state index in [4.69, 9.17) is 4.74 Å². The van der Waals surface area contributed by atoms with Crippen molar-refractivity contribution >= 4 is 27.5 Å². The molecule has 0 spiro atoms. The van der Waals surface area contributed by atoms with Gasteiger partial charge in [-0.25, -0.2) is 0 Å². The number of nitrogens with one attached hydrogen (secondary N) is 1. The fraction of sp³-hybridized carbons (Fsp3) is 0.579. The van der Waals surface area contributed by atoms with Gasteiger partial charge in [-0.2, -0.15) is 8.42 Å². The summed E-state index contributed by atoms with van der Waals surface area (Å²) >= 11 is 0. The van der Waals surface area contributed by atoms with Crippen LogP contribution in [0.2, 0.25) is 0 Å². The summed E-state index contributed by atoms with van der Waals surface area (Å²) in [7, 11) is -1.97. The van der Waals surface area contributed by atoms with Crippen LogP contribution in [0, 0.1) is 0 Å². The number of hydrogen-bond donors (Lipinski definition) is 1. The number of rotatable bonds is 7. The maximum atomic E-state index is 12.7. The first kappa shape index (κ1) is 21.4. The second kappa shape index (κ2) is 9.85. The molecule has 1 aliphatic rings. The van der Waals surface area contributed by atoms with Gasteiger partial charge in [0.05, 0.1) is 4.90 Å². The van der Waals surface area contributed by atoms with Crippen molar-refractivity contribution in [3.8, 4) is 0 Å². The molecule has 0 saturated carbocycles. The fourth-order valence-corrected chi connectivity index (χ4v) is 4.11. The standard InChI is InChI=1S/C19H29N3O4S/c1-4-17(26-5-2)19(23)20-15-10-9-11-16(14-15)27(24,25)21-18-12-7-6-8-13-22(18)3/h9-11,14,17H,4-8,12-13H2,1-3H3,(H,20,23). The highest BCUT2D eigenvalue weighted by Crippen LogP contribution is 2.20. The van der Waals surface area contributed by atoms with Crippen LogP contribution < -0.4 is 5.32 Å². The molecule has 0 bridgehead atoms. The zero-order valence-corrected chi connectivity index (χ0v) is 17.1. The average Bonchev–Trinajstić information content (AvgIpc) is 2.84. The van der Waals surface area contributed by atoms with E-state index in [2.05, 4.69) is 9.71 Å². The molecule has 1 saturated heterocycles. The van der Waals surface area contributed by atoms with E-state index in [1.165, 1.54) is 12.1 Å². The minimum absolute atomic E-state index is 0.0647. The van der Waals surface area contributed by atoms with Crippen molar-refractivity contribution < 1.29 is 17.9 Å². The molecule has 1 amide bonds. The molecular formula is C19H29N3O4S. The summed E-state index contributed by atoms with van der Waals surface area (Å²) in [6.45, 7) is 4.93. The Labute approximate surface area is 161 Å². The number of carbonyl (C=O) groups is 1. The van der Waals surface area contributed by atoms with E-state index in [-0.39, 0.29) is 10.8 Å². The molecule has 0 aliphatic carbocycles. The number of hydrogen-bond acceptors (Lipinski definition) is 4. The third-order valence-electron chi connectivity index (χ3n) is 4.49. The van der Waals surface area contributed by atoms with Gasteiger partial charge in [-0.05, 0) is 44.4 Å². The molecule has 2 rings (SSSR count). The lowest BCUT2D eigenvalue weighted by molar-refractivity contribution is -0.127. The molecule has 7 nitrogen and oxygen atoms in total. The second-order valence-electron chi connectivity index (χ2n) is 6.58. The van der Waals surface area contributed by atoms with Gasteiger partial charge >= 0.3 is 0 Å². The number of amidine groups is 1. The van der Waals surface area contributed by atoms with E-state index < -0.39 is 16.1 Å². The third-order valence-corrected chi connectivity index (χ3v) is 5.79. The Kier molecular flexibility index (Phi) is 7.79. The summed E-state index contributed by atoms with van der Waals surface area (Å²) in [5.74, 6) is 0.299. The van der Waals surface area contributed by atoms with Crippen molar-refractivity contribution in [2.24, 2.45) is 4.40 Å². The molecule has 150 valence electrons. The molecule has 1 atom stereocenters. The van der Waals surface area contributed by atoms with Gasteiger partial charge in [0, 0.05) is 32.3 Å². The monoisotopic (exact) mass is 395 g/mol. The summed E-state index contributed by atoms with van der Waals surface area (Å²) < 4.78 is 34.9. The molecule has 0 aromatic heterocycles. The van der Waals surface area contributed by atoms with Gasteiger partial charge in [-0.3, -0.25) is 4.79 Å². The Bertz CT molecular complexity index is 777. The van der Waals surface area contributed by atoms with Crippen LogP contribution in [-0.2, 0) is 19.6 Å². The minimum Gasteiger partial charge on any atom is -0.369 e. The van der Waals surface area contributed by atoms with Gasteiger partial charge in [0.15, 0.2) is 0 Å². The average molecular weight is 396 g/mol. The van der Waals surface area contributed by atoms with Gasteiger partial charge in [0.2, 0.25) is 0 Å². The number of benzene rings is 1. The first-order chi connectivity index (χ1) is 12.9. The predicted molar refractivity (Wildman–Crippen MR) is 106 cm³/mol. The number of likely N-dealkylation sites (tertiary alicyclic amines) is 1. The molecular weight excluding hydrogens is 366 g/mol. The normalized spacial score (nSPS) is 18.2. The number of anilines is 1. The number of amides is 1. The maximum absolute atomic E-state index is 12.7. The third kappa shape index (κ3) is 6.04. The van der Waals surface area contributed by atoms with Crippen LogP contribution in [0.25, 0.3) is 0 Å². The van der Waals surface area contributed by atoms with Crippen LogP contribution in [0.15, 0.2) is 33.6 Å². The lowest BCUT2D eigenvalue weighted by atomic mass is 10.2. The van der Waals surface area contributed by atoms with E-state index in [1.54, 1.807) is 12.1 Å². The summed E-state index contributed by atoms with van der Waals surface area (Å²) in [4.78, 5) is 14.2. The number of nitrogens with zero attached hydrogens (tertiary/aromatic N) is 2. The van der Waals surface area contributed by atoms with E-state index in [0.29, 0.717) is 31.0 Å². The number of ether oxygens (including phenoxy) is 1. The van der Waals surface area contributed by atoms with E-state index >= 15 is 0 Å². The minimum atomic E-state index is -3.84.